The van der Waals surface area contributed by atoms with Crippen molar-refractivity contribution in [3.8, 4) is 5.75 Å². The Bertz CT molecular complexity index is 624. The van der Waals surface area contributed by atoms with Crippen LogP contribution in [0.25, 0.3) is 0 Å². The summed E-state index contributed by atoms with van der Waals surface area (Å²) in [5, 5.41) is 2.47. The van der Waals surface area contributed by atoms with Crippen molar-refractivity contribution in [2.24, 2.45) is 0 Å². The third-order valence-electron chi connectivity index (χ3n) is 2.79. The molecule has 0 aliphatic heterocycles. The standard InChI is InChI=1S/C16H15F2NO2/c1-2-10-21-14-9-4-3-8-13(14)19-16(20)15-11(17)6-5-7-12(15)18/h3-9H,2,10H2,1H3,(H,19,20). The van der Waals surface area contributed by atoms with Crippen LogP contribution in [0.15, 0.2) is 42.5 Å². The van der Waals surface area contributed by atoms with Gasteiger partial charge in [-0.2, -0.15) is 0 Å². The average Bonchev–Trinajstić information content (AvgIpc) is 2.46. The highest BCUT2D eigenvalue weighted by molar-refractivity contribution is 6.05. The van der Waals surface area contributed by atoms with Gasteiger partial charge in [-0.05, 0) is 30.7 Å². The minimum absolute atomic E-state index is 0.374. The number of hydrogen-bond donors (Lipinski definition) is 1. The molecule has 2 aromatic rings. The molecule has 21 heavy (non-hydrogen) atoms. The van der Waals surface area contributed by atoms with Gasteiger partial charge in [0.2, 0.25) is 0 Å². The molecule has 0 aromatic heterocycles. The second-order valence-corrected chi connectivity index (χ2v) is 4.40. The lowest BCUT2D eigenvalue weighted by Gasteiger charge is -2.12. The van der Waals surface area contributed by atoms with E-state index in [0.29, 0.717) is 18.0 Å². The predicted octanol–water partition coefficient (Wildman–Crippen LogP) is 4.01. The third kappa shape index (κ3) is 3.56. The molecule has 1 N–H and O–H groups in total. The smallest absolute Gasteiger partial charge is 0.261 e. The Hall–Kier alpha value is -2.43. The van der Waals surface area contributed by atoms with E-state index in [9.17, 15) is 13.6 Å². The predicted molar refractivity (Wildman–Crippen MR) is 76.5 cm³/mol. The number of anilines is 1. The summed E-state index contributed by atoms with van der Waals surface area (Å²) >= 11 is 0. The summed E-state index contributed by atoms with van der Waals surface area (Å²) < 4.78 is 32.6. The van der Waals surface area contributed by atoms with E-state index in [-0.39, 0.29) is 0 Å². The molecule has 1 amide bonds. The van der Waals surface area contributed by atoms with E-state index in [1.54, 1.807) is 24.3 Å². The molecule has 0 aliphatic carbocycles. The number of halogens is 2. The summed E-state index contributed by atoms with van der Waals surface area (Å²) in [7, 11) is 0. The molecule has 2 rings (SSSR count). The normalized spacial score (nSPS) is 10.2. The number of ether oxygens (including phenoxy) is 1. The van der Waals surface area contributed by atoms with Gasteiger partial charge in [0, 0.05) is 0 Å². The molecule has 110 valence electrons. The Labute approximate surface area is 121 Å². The zero-order chi connectivity index (χ0) is 15.2. The minimum Gasteiger partial charge on any atom is -0.491 e. The molecule has 0 unspecified atom stereocenters. The Balaban J connectivity index is 2.24. The van der Waals surface area contributed by atoms with Crippen LogP contribution in [0.4, 0.5) is 14.5 Å². The first-order valence-corrected chi connectivity index (χ1v) is 6.60. The zero-order valence-corrected chi connectivity index (χ0v) is 11.5. The highest BCUT2D eigenvalue weighted by atomic mass is 19.1. The maximum Gasteiger partial charge on any atom is 0.261 e. The van der Waals surface area contributed by atoms with E-state index in [1.807, 2.05) is 6.92 Å². The molecule has 2 aromatic carbocycles. The maximum absolute atomic E-state index is 13.6. The first-order valence-electron chi connectivity index (χ1n) is 6.60. The van der Waals surface area contributed by atoms with Crippen LogP contribution in [0.1, 0.15) is 23.7 Å². The van der Waals surface area contributed by atoms with Gasteiger partial charge in [0.15, 0.2) is 0 Å². The average molecular weight is 291 g/mol. The number of benzene rings is 2. The Morgan fingerprint density at radius 1 is 1.10 bits per heavy atom. The van der Waals surface area contributed by atoms with Crippen LogP contribution in [0.2, 0.25) is 0 Å². The fourth-order valence-corrected chi connectivity index (χ4v) is 1.81. The monoisotopic (exact) mass is 291 g/mol. The number of amides is 1. The van der Waals surface area contributed by atoms with Crippen molar-refractivity contribution in [3.63, 3.8) is 0 Å². The summed E-state index contributed by atoms with van der Waals surface area (Å²) in [4.78, 5) is 12.0. The van der Waals surface area contributed by atoms with Gasteiger partial charge in [-0.3, -0.25) is 4.79 Å². The molecule has 0 bridgehead atoms. The molecular formula is C16H15F2NO2. The summed E-state index contributed by atoms with van der Waals surface area (Å²) in [6.07, 6.45) is 0.810. The van der Waals surface area contributed by atoms with E-state index in [4.69, 9.17) is 4.74 Å². The molecule has 5 heteroatoms. The summed E-state index contributed by atoms with van der Waals surface area (Å²) in [6.45, 7) is 2.44. The van der Waals surface area contributed by atoms with Crippen molar-refractivity contribution in [2.45, 2.75) is 13.3 Å². The highest BCUT2D eigenvalue weighted by Crippen LogP contribution is 2.25. The topological polar surface area (TPSA) is 38.3 Å². The molecule has 0 radical (unpaired) electrons. The summed E-state index contributed by atoms with van der Waals surface area (Å²) in [5.74, 6) is -2.19. The first kappa shape index (κ1) is 15.0. The fourth-order valence-electron chi connectivity index (χ4n) is 1.81. The van der Waals surface area contributed by atoms with E-state index >= 15 is 0 Å². The molecule has 0 saturated carbocycles. The van der Waals surface area contributed by atoms with Gasteiger partial charge in [0.25, 0.3) is 5.91 Å². The number of rotatable bonds is 5. The second kappa shape index (κ2) is 6.83. The molecule has 0 fully saturated rings. The van der Waals surface area contributed by atoms with Gasteiger partial charge in [0.05, 0.1) is 12.3 Å². The quantitative estimate of drug-likeness (QED) is 0.904. The fraction of sp³-hybridized carbons (Fsp3) is 0.188. The van der Waals surface area contributed by atoms with Crippen LogP contribution >= 0.6 is 0 Å². The lowest BCUT2D eigenvalue weighted by molar-refractivity contribution is 0.101. The molecule has 0 saturated heterocycles. The summed E-state index contributed by atoms with van der Waals surface area (Å²) in [6, 6.07) is 10.0. The van der Waals surface area contributed by atoms with E-state index in [0.717, 1.165) is 18.6 Å². The van der Waals surface area contributed by atoms with Crippen molar-refractivity contribution in [3.05, 3.63) is 59.7 Å². The van der Waals surface area contributed by atoms with Crippen LogP contribution in [0.3, 0.4) is 0 Å². The van der Waals surface area contributed by atoms with Gasteiger partial charge >= 0.3 is 0 Å². The van der Waals surface area contributed by atoms with Crippen molar-refractivity contribution in [1.29, 1.82) is 0 Å². The molecule has 0 atom stereocenters. The zero-order valence-electron chi connectivity index (χ0n) is 11.5. The van der Waals surface area contributed by atoms with Gasteiger partial charge < -0.3 is 10.1 Å². The SMILES string of the molecule is CCCOc1ccccc1NC(=O)c1c(F)cccc1F. The highest BCUT2D eigenvalue weighted by Gasteiger charge is 2.18. The van der Waals surface area contributed by atoms with Crippen LogP contribution < -0.4 is 10.1 Å². The number of carbonyl (C=O) groups excluding carboxylic acids is 1. The number of carbonyl (C=O) groups is 1. The third-order valence-corrected chi connectivity index (χ3v) is 2.79. The minimum atomic E-state index is -0.903. The second-order valence-electron chi connectivity index (χ2n) is 4.40. The largest absolute Gasteiger partial charge is 0.491 e. The van der Waals surface area contributed by atoms with Crippen molar-refractivity contribution < 1.29 is 18.3 Å². The van der Waals surface area contributed by atoms with Crippen molar-refractivity contribution in [2.75, 3.05) is 11.9 Å². The van der Waals surface area contributed by atoms with E-state index in [2.05, 4.69) is 5.32 Å². The van der Waals surface area contributed by atoms with Crippen LogP contribution in [-0.2, 0) is 0 Å². The lowest BCUT2D eigenvalue weighted by atomic mass is 10.1. The van der Waals surface area contributed by atoms with E-state index < -0.39 is 23.1 Å². The van der Waals surface area contributed by atoms with Crippen LogP contribution in [0.5, 0.6) is 5.75 Å². The van der Waals surface area contributed by atoms with Gasteiger partial charge in [-0.25, -0.2) is 8.78 Å². The maximum atomic E-state index is 13.6. The molecule has 0 heterocycles. The Morgan fingerprint density at radius 2 is 1.76 bits per heavy atom. The molecule has 3 nitrogen and oxygen atoms in total. The molecule has 0 spiro atoms. The number of hydrogen-bond acceptors (Lipinski definition) is 2. The number of para-hydroxylation sites is 2. The lowest BCUT2D eigenvalue weighted by Crippen LogP contribution is -2.16. The van der Waals surface area contributed by atoms with Crippen LogP contribution in [-0.4, -0.2) is 12.5 Å². The summed E-state index contributed by atoms with van der Waals surface area (Å²) in [5.41, 5.74) is -0.235. The van der Waals surface area contributed by atoms with Crippen molar-refractivity contribution in [1.82, 2.24) is 0 Å². The number of nitrogens with one attached hydrogen (secondary N) is 1. The van der Waals surface area contributed by atoms with Gasteiger partial charge in [0.1, 0.15) is 22.9 Å². The molecular weight excluding hydrogens is 276 g/mol. The van der Waals surface area contributed by atoms with Gasteiger partial charge in [-0.1, -0.05) is 25.1 Å². The van der Waals surface area contributed by atoms with Crippen LogP contribution in [0, 0.1) is 11.6 Å². The Morgan fingerprint density at radius 3 is 2.43 bits per heavy atom. The van der Waals surface area contributed by atoms with Gasteiger partial charge in [-0.15, -0.1) is 0 Å². The van der Waals surface area contributed by atoms with Crippen molar-refractivity contribution >= 4 is 11.6 Å². The van der Waals surface area contributed by atoms with E-state index in [1.165, 1.54) is 6.07 Å². The Kier molecular flexibility index (Phi) is 4.87. The molecule has 0 aliphatic rings. The first-order chi connectivity index (χ1) is 10.1.